The molecule has 0 aliphatic heterocycles. The van der Waals surface area contributed by atoms with Crippen molar-refractivity contribution in [3.05, 3.63) is 59.2 Å². The van der Waals surface area contributed by atoms with Gasteiger partial charge in [0.25, 0.3) is 0 Å². The molecule has 6 nitrogen and oxygen atoms in total. The molecule has 0 radical (unpaired) electrons. The van der Waals surface area contributed by atoms with Crippen LogP contribution in [-0.4, -0.2) is 21.4 Å². The van der Waals surface area contributed by atoms with E-state index >= 15 is 0 Å². The Morgan fingerprint density at radius 2 is 1.84 bits per heavy atom. The summed E-state index contributed by atoms with van der Waals surface area (Å²) in [6, 6.07) is 11.6. The number of methoxy groups -OCH3 is 1. The van der Waals surface area contributed by atoms with E-state index in [-0.39, 0.29) is 23.3 Å². The van der Waals surface area contributed by atoms with Crippen molar-refractivity contribution in [2.24, 2.45) is 5.14 Å². The summed E-state index contributed by atoms with van der Waals surface area (Å²) in [5, 5.41) is 7.98. The number of nitrogens with one attached hydrogen (secondary N) is 1. The number of primary sulfonamides is 1. The molecular formula is C18H22N2O4S. The van der Waals surface area contributed by atoms with Gasteiger partial charge in [-0.25, -0.2) is 13.6 Å². The molecule has 134 valence electrons. The molecular weight excluding hydrogens is 340 g/mol. The van der Waals surface area contributed by atoms with Gasteiger partial charge in [-0.1, -0.05) is 29.8 Å². The number of hydrogen-bond acceptors (Lipinski definition) is 4. The highest BCUT2D eigenvalue weighted by Crippen LogP contribution is 2.21. The second kappa shape index (κ2) is 7.67. The van der Waals surface area contributed by atoms with E-state index in [1.54, 1.807) is 19.2 Å². The molecule has 0 unspecified atom stereocenters. The molecule has 7 heteroatoms. The first-order chi connectivity index (χ1) is 11.7. The first kappa shape index (κ1) is 19.0. The van der Waals surface area contributed by atoms with E-state index in [1.807, 2.05) is 32.0 Å². The Balaban J connectivity index is 2.06. The third-order valence-corrected chi connectivity index (χ3v) is 4.80. The van der Waals surface area contributed by atoms with Gasteiger partial charge in [0.1, 0.15) is 5.75 Å². The van der Waals surface area contributed by atoms with Crippen LogP contribution in [-0.2, 0) is 21.2 Å². The van der Waals surface area contributed by atoms with Crippen LogP contribution in [0.5, 0.6) is 5.75 Å². The fourth-order valence-electron chi connectivity index (χ4n) is 2.54. The lowest BCUT2D eigenvalue weighted by Crippen LogP contribution is -2.28. The summed E-state index contributed by atoms with van der Waals surface area (Å²) in [5.41, 5.74) is 2.66. The molecule has 0 saturated carbocycles. The van der Waals surface area contributed by atoms with Gasteiger partial charge in [0, 0.05) is 5.56 Å². The monoisotopic (exact) mass is 362 g/mol. The van der Waals surface area contributed by atoms with E-state index in [0.717, 1.165) is 16.7 Å². The molecule has 0 aliphatic carbocycles. The zero-order valence-electron chi connectivity index (χ0n) is 14.4. The van der Waals surface area contributed by atoms with Crippen LogP contribution >= 0.6 is 0 Å². The first-order valence-electron chi connectivity index (χ1n) is 7.76. The predicted octanol–water partition coefficient (Wildman–Crippen LogP) is 2.07. The maximum atomic E-state index is 12.3. The standard InChI is InChI=1S/C18H22N2O4S/c1-12-4-9-17(24-3)15(10-12)11-18(21)20-13(2)14-5-7-16(8-6-14)25(19,22)23/h4-10,13H,11H2,1-3H3,(H,20,21)(H2,19,22,23)/t13-/m0/s1. The summed E-state index contributed by atoms with van der Waals surface area (Å²) < 4.78 is 27.8. The second-order valence-electron chi connectivity index (χ2n) is 5.90. The topological polar surface area (TPSA) is 98.5 Å². The number of hydrogen-bond donors (Lipinski definition) is 2. The minimum Gasteiger partial charge on any atom is -0.496 e. The number of carbonyl (C=O) groups is 1. The van der Waals surface area contributed by atoms with Crippen LogP contribution in [0.2, 0.25) is 0 Å². The number of carbonyl (C=O) groups excluding carboxylic acids is 1. The molecule has 0 aromatic heterocycles. The minimum atomic E-state index is -3.72. The van der Waals surface area contributed by atoms with Gasteiger partial charge in [0.15, 0.2) is 0 Å². The van der Waals surface area contributed by atoms with Gasteiger partial charge < -0.3 is 10.1 Å². The van der Waals surface area contributed by atoms with Crippen molar-refractivity contribution >= 4 is 15.9 Å². The van der Waals surface area contributed by atoms with E-state index in [1.165, 1.54) is 12.1 Å². The van der Waals surface area contributed by atoms with Crippen LogP contribution in [0.25, 0.3) is 0 Å². The normalized spacial score (nSPS) is 12.5. The van der Waals surface area contributed by atoms with Crippen molar-refractivity contribution in [3.8, 4) is 5.75 Å². The van der Waals surface area contributed by atoms with Crippen molar-refractivity contribution < 1.29 is 17.9 Å². The second-order valence-corrected chi connectivity index (χ2v) is 7.46. The fraction of sp³-hybridized carbons (Fsp3) is 0.278. The Morgan fingerprint density at radius 1 is 1.20 bits per heavy atom. The van der Waals surface area contributed by atoms with Gasteiger partial charge in [-0.2, -0.15) is 0 Å². The summed E-state index contributed by atoms with van der Waals surface area (Å²) in [6.45, 7) is 3.79. The van der Waals surface area contributed by atoms with Crippen LogP contribution in [0.1, 0.15) is 29.7 Å². The maximum absolute atomic E-state index is 12.3. The molecule has 0 heterocycles. The number of benzene rings is 2. The lowest BCUT2D eigenvalue weighted by atomic mass is 10.1. The average molecular weight is 362 g/mol. The van der Waals surface area contributed by atoms with Crippen LogP contribution in [0.3, 0.4) is 0 Å². The summed E-state index contributed by atoms with van der Waals surface area (Å²) in [7, 11) is -2.15. The van der Waals surface area contributed by atoms with Crippen molar-refractivity contribution in [2.45, 2.75) is 31.2 Å². The molecule has 0 fully saturated rings. The van der Waals surface area contributed by atoms with Crippen LogP contribution in [0.15, 0.2) is 47.4 Å². The lowest BCUT2D eigenvalue weighted by molar-refractivity contribution is -0.121. The van der Waals surface area contributed by atoms with E-state index in [9.17, 15) is 13.2 Å². The number of sulfonamides is 1. The maximum Gasteiger partial charge on any atom is 0.238 e. The Morgan fingerprint density at radius 3 is 2.40 bits per heavy atom. The largest absolute Gasteiger partial charge is 0.496 e. The quantitative estimate of drug-likeness (QED) is 0.822. The predicted molar refractivity (Wildman–Crippen MR) is 95.8 cm³/mol. The number of nitrogens with two attached hydrogens (primary N) is 1. The van der Waals surface area contributed by atoms with Gasteiger partial charge in [0.2, 0.25) is 15.9 Å². The van der Waals surface area contributed by atoms with Crippen molar-refractivity contribution in [2.75, 3.05) is 7.11 Å². The third kappa shape index (κ3) is 5.04. The molecule has 3 N–H and O–H groups in total. The summed E-state index contributed by atoms with van der Waals surface area (Å²) >= 11 is 0. The van der Waals surface area contributed by atoms with E-state index in [4.69, 9.17) is 9.88 Å². The molecule has 0 saturated heterocycles. The van der Waals surface area contributed by atoms with Crippen LogP contribution < -0.4 is 15.2 Å². The fourth-order valence-corrected chi connectivity index (χ4v) is 3.06. The Labute approximate surface area is 148 Å². The van der Waals surface area contributed by atoms with Crippen molar-refractivity contribution in [1.29, 1.82) is 0 Å². The lowest BCUT2D eigenvalue weighted by Gasteiger charge is -2.16. The highest BCUT2D eigenvalue weighted by molar-refractivity contribution is 7.89. The number of aryl methyl sites for hydroxylation is 1. The molecule has 1 atom stereocenters. The van der Waals surface area contributed by atoms with Crippen molar-refractivity contribution in [3.63, 3.8) is 0 Å². The Kier molecular flexibility index (Phi) is 5.81. The minimum absolute atomic E-state index is 0.0410. The highest BCUT2D eigenvalue weighted by Gasteiger charge is 2.14. The summed E-state index contributed by atoms with van der Waals surface area (Å²) in [6.07, 6.45) is 0.199. The van der Waals surface area contributed by atoms with E-state index in [2.05, 4.69) is 5.32 Å². The van der Waals surface area contributed by atoms with E-state index < -0.39 is 10.0 Å². The molecule has 2 aromatic rings. The number of amides is 1. The molecule has 2 aromatic carbocycles. The van der Waals surface area contributed by atoms with Crippen molar-refractivity contribution in [1.82, 2.24) is 5.32 Å². The molecule has 1 amide bonds. The van der Waals surface area contributed by atoms with Gasteiger partial charge in [0.05, 0.1) is 24.5 Å². The zero-order valence-corrected chi connectivity index (χ0v) is 15.3. The number of ether oxygens (including phenoxy) is 1. The molecule has 0 bridgehead atoms. The smallest absolute Gasteiger partial charge is 0.238 e. The van der Waals surface area contributed by atoms with Crippen LogP contribution in [0.4, 0.5) is 0 Å². The van der Waals surface area contributed by atoms with E-state index in [0.29, 0.717) is 5.75 Å². The van der Waals surface area contributed by atoms with Gasteiger partial charge in [-0.05, 0) is 37.6 Å². The zero-order chi connectivity index (χ0) is 18.6. The highest BCUT2D eigenvalue weighted by atomic mass is 32.2. The molecule has 0 spiro atoms. The first-order valence-corrected chi connectivity index (χ1v) is 9.31. The third-order valence-electron chi connectivity index (χ3n) is 3.87. The molecule has 2 rings (SSSR count). The SMILES string of the molecule is COc1ccc(C)cc1CC(=O)N[C@@H](C)c1ccc(S(N)(=O)=O)cc1. The summed E-state index contributed by atoms with van der Waals surface area (Å²) in [5.74, 6) is 0.526. The Bertz CT molecular complexity index is 861. The van der Waals surface area contributed by atoms with Crippen LogP contribution in [0, 0.1) is 6.92 Å². The molecule has 0 aliphatic rings. The summed E-state index contributed by atoms with van der Waals surface area (Å²) in [4.78, 5) is 12.4. The Hall–Kier alpha value is -2.38. The molecule has 25 heavy (non-hydrogen) atoms. The van der Waals surface area contributed by atoms with Gasteiger partial charge in [-0.15, -0.1) is 0 Å². The van der Waals surface area contributed by atoms with Gasteiger partial charge >= 0.3 is 0 Å². The van der Waals surface area contributed by atoms with Gasteiger partial charge in [-0.3, -0.25) is 4.79 Å². The average Bonchev–Trinajstić information content (AvgIpc) is 2.54. The number of rotatable bonds is 6.